The molecule has 1 heterocycles. The van der Waals surface area contributed by atoms with E-state index in [1.54, 1.807) is 30.3 Å². The van der Waals surface area contributed by atoms with Gasteiger partial charge in [0.2, 0.25) is 5.88 Å². The molecular weight excluding hydrogens is 315 g/mol. The zero-order valence-corrected chi connectivity index (χ0v) is 13.2. The molecule has 4 aromatic rings. The van der Waals surface area contributed by atoms with Crippen molar-refractivity contribution in [2.24, 2.45) is 0 Å². The van der Waals surface area contributed by atoms with Crippen molar-refractivity contribution in [1.29, 1.82) is 5.26 Å². The molecule has 0 N–H and O–H groups in total. The van der Waals surface area contributed by atoms with E-state index in [-0.39, 0.29) is 5.75 Å². The third-order valence-corrected chi connectivity index (χ3v) is 3.96. The molecule has 0 spiro atoms. The number of hydrogen-bond acceptors (Lipinski definition) is 2. The monoisotopic (exact) mass is 328 g/mol. The molecule has 0 aliphatic heterocycles. The lowest BCUT2D eigenvalue weighted by molar-refractivity contribution is 0.422. The zero-order chi connectivity index (χ0) is 17.2. The molecule has 0 unspecified atom stereocenters. The summed E-state index contributed by atoms with van der Waals surface area (Å²) in [5, 5.41) is 9.98. The Morgan fingerprint density at radius 2 is 1.64 bits per heavy atom. The zero-order valence-electron chi connectivity index (χ0n) is 13.2. The Kier molecular flexibility index (Phi) is 3.68. The molecule has 120 valence electrons. The molecule has 3 aromatic carbocycles. The molecule has 0 bridgehead atoms. The van der Waals surface area contributed by atoms with Crippen molar-refractivity contribution in [3.05, 3.63) is 90.2 Å². The van der Waals surface area contributed by atoms with E-state index in [9.17, 15) is 4.39 Å². The highest BCUT2D eigenvalue weighted by atomic mass is 19.1. The van der Waals surface area contributed by atoms with Crippen LogP contribution < -0.4 is 4.74 Å². The summed E-state index contributed by atoms with van der Waals surface area (Å²) < 4.78 is 21.8. The number of nitrogens with zero attached hydrogens (tertiary/aromatic N) is 2. The second-order valence-electron chi connectivity index (χ2n) is 5.57. The van der Waals surface area contributed by atoms with Crippen LogP contribution in [0.15, 0.2) is 78.9 Å². The first-order valence-electron chi connectivity index (χ1n) is 7.80. The van der Waals surface area contributed by atoms with Crippen LogP contribution in [0, 0.1) is 17.1 Å². The number of para-hydroxylation sites is 2. The molecule has 0 saturated carbocycles. The third kappa shape index (κ3) is 2.73. The van der Waals surface area contributed by atoms with Gasteiger partial charge in [-0.2, -0.15) is 5.26 Å². The fourth-order valence-electron chi connectivity index (χ4n) is 2.82. The maximum atomic E-state index is 14.0. The van der Waals surface area contributed by atoms with Gasteiger partial charge in [0, 0.05) is 17.1 Å². The van der Waals surface area contributed by atoms with Crippen LogP contribution in [0.5, 0.6) is 11.6 Å². The van der Waals surface area contributed by atoms with E-state index < -0.39 is 5.82 Å². The standard InChI is InChI=1S/C21H13FN2O/c22-18-8-4-5-9-20(18)25-21-13-16-12-15(14-23)10-11-19(16)24(21)17-6-2-1-3-7-17/h1-13H. The Balaban J connectivity index is 1.93. The summed E-state index contributed by atoms with van der Waals surface area (Å²) in [4.78, 5) is 0. The number of hydrogen-bond donors (Lipinski definition) is 0. The SMILES string of the molecule is N#Cc1ccc2c(c1)cc(Oc1ccccc1F)n2-c1ccccc1. The minimum absolute atomic E-state index is 0.156. The fourth-order valence-corrected chi connectivity index (χ4v) is 2.82. The molecule has 3 nitrogen and oxygen atoms in total. The van der Waals surface area contributed by atoms with Gasteiger partial charge in [0.15, 0.2) is 11.6 Å². The minimum atomic E-state index is -0.426. The van der Waals surface area contributed by atoms with Gasteiger partial charge in [0.25, 0.3) is 0 Å². The number of ether oxygens (including phenoxy) is 1. The molecule has 0 aliphatic carbocycles. The second-order valence-corrected chi connectivity index (χ2v) is 5.57. The van der Waals surface area contributed by atoms with Crippen molar-refractivity contribution in [1.82, 2.24) is 4.57 Å². The number of rotatable bonds is 3. The van der Waals surface area contributed by atoms with Crippen molar-refractivity contribution in [3.63, 3.8) is 0 Å². The average Bonchev–Trinajstić information content (AvgIpc) is 3.01. The van der Waals surface area contributed by atoms with Gasteiger partial charge < -0.3 is 4.74 Å². The van der Waals surface area contributed by atoms with Crippen LogP contribution in [0.1, 0.15) is 5.56 Å². The first kappa shape index (κ1) is 15.0. The average molecular weight is 328 g/mol. The summed E-state index contributed by atoms with van der Waals surface area (Å²) in [5.41, 5.74) is 2.35. The van der Waals surface area contributed by atoms with Crippen LogP contribution in [0.3, 0.4) is 0 Å². The number of nitriles is 1. The van der Waals surface area contributed by atoms with Gasteiger partial charge in [0.1, 0.15) is 0 Å². The summed E-state index contributed by atoms with van der Waals surface area (Å²) in [5.74, 6) is 0.217. The summed E-state index contributed by atoms with van der Waals surface area (Å²) in [7, 11) is 0. The first-order chi connectivity index (χ1) is 12.3. The quantitative estimate of drug-likeness (QED) is 0.502. The van der Waals surface area contributed by atoms with Crippen molar-refractivity contribution >= 4 is 10.9 Å². The molecule has 4 heteroatoms. The third-order valence-electron chi connectivity index (χ3n) is 3.96. The fraction of sp³-hybridized carbons (Fsp3) is 0. The molecule has 1 aromatic heterocycles. The van der Waals surface area contributed by atoms with Crippen LogP contribution in [0.2, 0.25) is 0 Å². The molecule has 0 amide bonds. The maximum Gasteiger partial charge on any atom is 0.205 e. The van der Waals surface area contributed by atoms with Gasteiger partial charge in [-0.15, -0.1) is 0 Å². The molecule has 0 fully saturated rings. The van der Waals surface area contributed by atoms with Crippen LogP contribution in [0.25, 0.3) is 16.6 Å². The lowest BCUT2D eigenvalue weighted by Crippen LogP contribution is -1.98. The van der Waals surface area contributed by atoms with Gasteiger partial charge in [-0.1, -0.05) is 30.3 Å². The summed E-state index contributed by atoms with van der Waals surface area (Å²) >= 11 is 0. The molecular formula is C21H13FN2O. The predicted octanol–water partition coefficient (Wildman–Crippen LogP) is 5.43. The number of halogens is 1. The van der Waals surface area contributed by atoms with Crippen LogP contribution in [0.4, 0.5) is 4.39 Å². The van der Waals surface area contributed by atoms with Crippen molar-refractivity contribution in [3.8, 4) is 23.4 Å². The molecule has 4 rings (SSSR count). The highest BCUT2D eigenvalue weighted by molar-refractivity contribution is 5.85. The summed E-state index contributed by atoms with van der Waals surface area (Å²) in [6.45, 7) is 0. The highest BCUT2D eigenvalue weighted by Gasteiger charge is 2.14. The normalized spacial score (nSPS) is 10.6. The van der Waals surface area contributed by atoms with E-state index in [4.69, 9.17) is 10.00 Å². The Morgan fingerprint density at radius 1 is 0.880 bits per heavy atom. The Bertz CT molecular complexity index is 1090. The molecule has 0 aliphatic rings. The largest absolute Gasteiger partial charge is 0.437 e. The number of benzene rings is 3. The minimum Gasteiger partial charge on any atom is -0.437 e. The van der Waals surface area contributed by atoms with Gasteiger partial charge in [-0.25, -0.2) is 4.39 Å². The number of aromatic nitrogens is 1. The lowest BCUT2D eigenvalue weighted by Gasteiger charge is -2.12. The topological polar surface area (TPSA) is 37.9 Å². The van der Waals surface area contributed by atoms with Gasteiger partial charge >= 0.3 is 0 Å². The van der Waals surface area contributed by atoms with Crippen molar-refractivity contribution < 1.29 is 9.13 Å². The second kappa shape index (κ2) is 6.14. The summed E-state index contributed by atoms with van der Waals surface area (Å²) in [6.07, 6.45) is 0. The highest BCUT2D eigenvalue weighted by Crippen LogP contribution is 2.33. The lowest BCUT2D eigenvalue weighted by atomic mass is 10.2. The van der Waals surface area contributed by atoms with Gasteiger partial charge in [-0.3, -0.25) is 4.57 Å². The summed E-state index contributed by atoms with van der Waals surface area (Å²) in [6, 6.07) is 25.4. The van der Waals surface area contributed by atoms with E-state index >= 15 is 0 Å². The van der Waals surface area contributed by atoms with Crippen LogP contribution in [-0.4, -0.2) is 4.57 Å². The molecule has 0 radical (unpaired) electrons. The Morgan fingerprint density at radius 3 is 2.40 bits per heavy atom. The predicted molar refractivity (Wildman–Crippen MR) is 94.5 cm³/mol. The van der Waals surface area contributed by atoms with Crippen molar-refractivity contribution in [2.45, 2.75) is 0 Å². The Hall–Kier alpha value is -3.58. The van der Waals surface area contributed by atoms with Crippen LogP contribution >= 0.6 is 0 Å². The van der Waals surface area contributed by atoms with E-state index in [0.717, 1.165) is 16.6 Å². The molecule has 0 atom stereocenters. The molecule has 0 saturated heterocycles. The van der Waals surface area contributed by atoms with Gasteiger partial charge in [0.05, 0.1) is 17.1 Å². The smallest absolute Gasteiger partial charge is 0.205 e. The van der Waals surface area contributed by atoms with E-state index in [1.807, 2.05) is 47.0 Å². The van der Waals surface area contributed by atoms with E-state index in [1.165, 1.54) is 6.07 Å². The van der Waals surface area contributed by atoms with Crippen LogP contribution in [-0.2, 0) is 0 Å². The van der Waals surface area contributed by atoms with Gasteiger partial charge in [-0.05, 0) is 42.5 Å². The van der Waals surface area contributed by atoms with E-state index in [0.29, 0.717) is 11.4 Å². The van der Waals surface area contributed by atoms with E-state index in [2.05, 4.69) is 6.07 Å². The molecule has 25 heavy (non-hydrogen) atoms. The maximum absolute atomic E-state index is 14.0. The first-order valence-corrected chi connectivity index (χ1v) is 7.80. The number of fused-ring (bicyclic) bond motifs is 1. The van der Waals surface area contributed by atoms with Crippen molar-refractivity contribution in [2.75, 3.05) is 0 Å². The Labute approximate surface area is 144 Å².